The molecule has 3 rings (SSSR count). The van der Waals surface area contributed by atoms with Gasteiger partial charge in [-0.05, 0) is 87.2 Å². The summed E-state index contributed by atoms with van der Waals surface area (Å²) in [6.07, 6.45) is 6.98. The second-order valence-corrected chi connectivity index (χ2v) is 9.36. The molecule has 37 heavy (non-hydrogen) atoms. The third-order valence-electron chi connectivity index (χ3n) is 6.62. The van der Waals surface area contributed by atoms with Gasteiger partial charge in [0.15, 0.2) is 11.6 Å². The van der Waals surface area contributed by atoms with Crippen molar-refractivity contribution in [2.75, 3.05) is 31.3 Å². The van der Waals surface area contributed by atoms with Crippen LogP contribution in [0, 0.1) is 24.5 Å². The lowest BCUT2D eigenvalue weighted by Crippen LogP contribution is -2.40. The van der Waals surface area contributed by atoms with Gasteiger partial charge in [0.2, 0.25) is 0 Å². The lowest BCUT2D eigenvalue weighted by molar-refractivity contribution is 0.0955. The number of amides is 1. The number of allylic oxidation sites excluding steroid dienone is 2. The van der Waals surface area contributed by atoms with Crippen LogP contribution in [0.15, 0.2) is 53.8 Å². The van der Waals surface area contributed by atoms with Crippen molar-refractivity contribution in [2.24, 2.45) is 10.9 Å². The molecular weight excluding hydrogens is 472 g/mol. The highest BCUT2D eigenvalue weighted by atomic mass is 19.2. The van der Waals surface area contributed by atoms with Crippen molar-refractivity contribution >= 4 is 28.6 Å². The summed E-state index contributed by atoms with van der Waals surface area (Å²) in [4.78, 5) is 19.0. The minimum Gasteiger partial charge on any atom is -0.386 e. The fourth-order valence-electron chi connectivity index (χ4n) is 4.42. The van der Waals surface area contributed by atoms with Crippen molar-refractivity contribution in [1.29, 1.82) is 0 Å². The molecule has 2 aromatic rings. The van der Waals surface area contributed by atoms with E-state index in [1.807, 2.05) is 64.0 Å². The number of rotatable bonds is 6. The van der Waals surface area contributed by atoms with E-state index in [2.05, 4.69) is 22.0 Å². The Labute approximate surface area is 218 Å². The molecule has 0 radical (unpaired) electrons. The van der Waals surface area contributed by atoms with Gasteiger partial charge in [-0.2, -0.15) is 0 Å². The maximum Gasteiger partial charge on any atom is 0.251 e. The van der Waals surface area contributed by atoms with Gasteiger partial charge in [-0.1, -0.05) is 13.0 Å². The first-order valence-corrected chi connectivity index (χ1v) is 12.6. The van der Waals surface area contributed by atoms with Crippen molar-refractivity contribution in [3.63, 3.8) is 0 Å². The van der Waals surface area contributed by atoms with Gasteiger partial charge in [0, 0.05) is 43.7 Å². The van der Waals surface area contributed by atoms with Gasteiger partial charge in [0.1, 0.15) is 6.17 Å². The number of aryl methyl sites for hydroxylation is 1. The molecule has 1 aliphatic rings. The fourth-order valence-corrected chi connectivity index (χ4v) is 4.42. The number of carbonyl (C=O) groups is 1. The smallest absolute Gasteiger partial charge is 0.251 e. The Hall–Kier alpha value is -3.68. The number of nitrogens with one attached hydrogen (secondary N) is 3. The molecule has 1 amide bonds. The Kier molecular flexibility index (Phi) is 9.44. The zero-order valence-electron chi connectivity index (χ0n) is 22.5. The summed E-state index contributed by atoms with van der Waals surface area (Å²) in [5.74, 6) is -1.90. The molecule has 0 bridgehead atoms. The molecule has 0 aromatic heterocycles. The van der Waals surface area contributed by atoms with Crippen LogP contribution in [0.2, 0.25) is 0 Å². The van der Waals surface area contributed by atoms with E-state index < -0.39 is 11.6 Å². The summed E-state index contributed by atoms with van der Waals surface area (Å²) in [6.45, 7) is 8.26. The van der Waals surface area contributed by atoms with Gasteiger partial charge in [0.05, 0.1) is 11.4 Å². The highest BCUT2D eigenvalue weighted by molar-refractivity contribution is 5.96. The molecule has 198 valence electrons. The summed E-state index contributed by atoms with van der Waals surface area (Å²) in [6, 6.07) is 8.77. The van der Waals surface area contributed by atoms with Crippen LogP contribution in [0.3, 0.4) is 0 Å². The first kappa shape index (κ1) is 27.9. The zero-order chi connectivity index (χ0) is 27.1. The summed E-state index contributed by atoms with van der Waals surface area (Å²) < 4.78 is 29.6. The summed E-state index contributed by atoms with van der Waals surface area (Å²) in [7, 11) is 3.52. The fraction of sp³-hybridized carbons (Fsp3) is 0.379. The number of benzene rings is 2. The van der Waals surface area contributed by atoms with Crippen LogP contribution in [0.4, 0.5) is 20.2 Å². The van der Waals surface area contributed by atoms with Crippen molar-refractivity contribution in [2.45, 2.75) is 46.7 Å². The second kappa shape index (κ2) is 12.5. The van der Waals surface area contributed by atoms with Crippen LogP contribution in [-0.2, 0) is 0 Å². The van der Waals surface area contributed by atoms with Gasteiger partial charge >= 0.3 is 0 Å². The highest BCUT2D eigenvalue weighted by Crippen LogP contribution is 2.32. The Balaban J connectivity index is 1.99. The summed E-state index contributed by atoms with van der Waals surface area (Å²) in [5.41, 5.74) is 4.07. The molecule has 0 saturated carbocycles. The van der Waals surface area contributed by atoms with Crippen LogP contribution in [0.5, 0.6) is 0 Å². The zero-order valence-corrected chi connectivity index (χ0v) is 22.5. The van der Waals surface area contributed by atoms with Crippen LogP contribution in [-0.4, -0.2) is 43.3 Å². The third kappa shape index (κ3) is 6.56. The van der Waals surface area contributed by atoms with Gasteiger partial charge in [-0.25, -0.2) is 8.78 Å². The first-order chi connectivity index (χ1) is 17.7. The molecule has 0 aliphatic carbocycles. The molecule has 0 saturated heterocycles. The minimum absolute atomic E-state index is 0.0326. The third-order valence-corrected chi connectivity index (χ3v) is 6.62. The molecular formula is C29H37F2N5O. The SMILES string of the molecule is CCNC(=O)c1ccc(NC2C(C)=N/C=C(/c3ccc(NC)c(F)c3F)C(C)CC/C=C\N2C)cc1C. The van der Waals surface area contributed by atoms with Gasteiger partial charge in [-0.15, -0.1) is 0 Å². The number of nitrogens with zero attached hydrogens (tertiary/aromatic N) is 2. The number of aliphatic imine (C=N–C) groups is 1. The van der Waals surface area contributed by atoms with E-state index >= 15 is 4.39 Å². The molecule has 0 spiro atoms. The predicted octanol–water partition coefficient (Wildman–Crippen LogP) is 6.18. The van der Waals surface area contributed by atoms with E-state index in [0.717, 1.165) is 29.8 Å². The molecule has 6 nitrogen and oxygen atoms in total. The highest BCUT2D eigenvalue weighted by Gasteiger charge is 2.21. The number of halogens is 2. The molecule has 2 aromatic carbocycles. The van der Waals surface area contributed by atoms with E-state index in [4.69, 9.17) is 4.99 Å². The standard InChI is InChI=1S/C29H37F2N5O/c1-7-33-29(37)22-12-11-21(16-19(22)3)35-28-20(4)34-17-24(18(2)10-8-9-15-36(28)6)23-13-14-25(32-5)27(31)26(23)30/h9,11-18,28,32,35H,7-8,10H2,1-6H3,(H,33,37)/b15-9-,24-17+,34-20?. The quantitative estimate of drug-likeness (QED) is 0.435. The monoisotopic (exact) mass is 509 g/mol. The van der Waals surface area contributed by atoms with Crippen LogP contribution < -0.4 is 16.0 Å². The maximum absolute atomic E-state index is 15.0. The van der Waals surface area contributed by atoms with E-state index in [1.165, 1.54) is 0 Å². The normalized spacial score (nSPS) is 20.7. The number of carbonyl (C=O) groups excluding carboxylic acids is 1. The second-order valence-electron chi connectivity index (χ2n) is 9.36. The Morgan fingerprint density at radius 2 is 1.92 bits per heavy atom. The molecule has 1 heterocycles. The van der Waals surface area contributed by atoms with Crippen molar-refractivity contribution < 1.29 is 13.6 Å². The molecule has 8 heteroatoms. The van der Waals surface area contributed by atoms with Crippen LogP contribution in [0.25, 0.3) is 5.57 Å². The topological polar surface area (TPSA) is 68.8 Å². The number of hydrogen-bond donors (Lipinski definition) is 3. The maximum atomic E-state index is 15.0. The lowest BCUT2D eigenvalue weighted by atomic mass is 9.90. The summed E-state index contributed by atoms with van der Waals surface area (Å²) >= 11 is 0. The van der Waals surface area contributed by atoms with E-state index in [1.54, 1.807) is 25.4 Å². The molecule has 0 fully saturated rings. The van der Waals surface area contributed by atoms with Crippen molar-refractivity contribution in [3.8, 4) is 0 Å². The van der Waals surface area contributed by atoms with Gasteiger partial charge in [0.25, 0.3) is 5.91 Å². The van der Waals surface area contributed by atoms with Crippen LogP contribution >= 0.6 is 0 Å². The average Bonchev–Trinajstić information content (AvgIpc) is 2.89. The first-order valence-electron chi connectivity index (χ1n) is 12.6. The van der Waals surface area contributed by atoms with E-state index in [-0.39, 0.29) is 29.2 Å². The Bertz CT molecular complexity index is 1220. The van der Waals surface area contributed by atoms with E-state index in [0.29, 0.717) is 17.7 Å². The number of hydrogen-bond acceptors (Lipinski definition) is 5. The molecule has 1 aliphatic heterocycles. The van der Waals surface area contributed by atoms with Crippen molar-refractivity contribution in [3.05, 3.63) is 77.1 Å². The van der Waals surface area contributed by atoms with E-state index in [9.17, 15) is 9.18 Å². The van der Waals surface area contributed by atoms with Crippen LogP contribution in [0.1, 0.15) is 55.1 Å². The minimum atomic E-state index is -0.895. The van der Waals surface area contributed by atoms with Gasteiger partial charge < -0.3 is 20.9 Å². The summed E-state index contributed by atoms with van der Waals surface area (Å²) in [5, 5.41) is 9.01. The Morgan fingerprint density at radius 1 is 1.16 bits per heavy atom. The molecule has 2 unspecified atom stereocenters. The number of anilines is 2. The molecule has 3 N–H and O–H groups in total. The Morgan fingerprint density at radius 3 is 2.59 bits per heavy atom. The average molecular weight is 510 g/mol. The largest absolute Gasteiger partial charge is 0.386 e. The predicted molar refractivity (Wildman–Crippen MR) is 149 cm³/mol. The lowest BCUT2D eigenvalue weighted by Gasteiger charge is -2.29. The molecule has 2 atom stereocenters. The van der Waals surface area contributed by atoms with Crippen molar-refractivity contribution in [1.82, 2.24) is 10.2 Å². The van der Waals surface area contributed by atoms with Gasteiger partial charge in [-0.3, -0.25) is 9.79 Å².